The van der Waals surface area contributed by atoms with Gasteiger partial charge in [0.15, 0.2) is 23.0 Å². The molecular weight excluding hydrogens is 268 g/mol. The van der Waals surface area contributed by atoms with Gasteiger partial charge in [0.1, 0.15) is 0 Å². The summed E-state index contributed by atoms with van der Waals surface area (Å²) < 4.78 is 22.9. The lowest BCUT2D eigenvalue weighted by Crippen LogP contribution is -2.31. The summed E-state index contributed by atoms with van der Waals surface area (Å²) in [6, 6.07) is 0. The van der Waals surface area contributed by atoms with Crippen LogP contribution in [0.5, 0.6) is 23.0 Å². The van der Waals surface area contributed by atoms with Gasteiger partial charge in [0.05, 0.1) is 17.1 Å². The molecule has 5 nitrogen and oxygen atoms in total. The van der Waals surface area contributed by atoms with Crippen LogP contribution in [-0.4, -0.2) is 16.7 Å². The number of hydrogen-bond acceptors (Lipinski definition) is 6. The average Bonchev–Trinajstić information content (AvgIpc) is 2.76. The largest absolute Gasteiger partial charge is 0.448 e. The van der Waals surface area contributed by atoms with Crippen LogP contribution in [0.15, 0.2) is 4.90 Å². The van der Waals surface area contributed by atoms with E-state index in [2.05, 4.69) is 12.6 Å². The number of aliphatic hydroxyl groups excluding tert-OH is 1. The number of fused-ring (bicyclic) bond motifs is 2. The normalized spacial score (nSPS) is 20.7. The predicted molar refractivity (Wildman–Crippen MR) is 70.3 cm³/mol. The fourth-order valence-electron chi connectivity index (χ4n) is 2.27. The lowest BCUT2D eigenvalue weighted by Gasteiger charge is -2.18. The van der Waals surface area contributed by atoms with Gasteiger partial charge < -0.3 is 24.1 Å². The highest BCUT2D eigenvalue weighted by Crippen LogP contribution is 2.58. The van der Waals surface area contributed by atoms with Gasteiger partial charge in [0.2, 0.25) is 11.6 Å². The molecule has 104 valence electrons. The molecule has 1 aromatic rings. The summed E-state index contributed by atoms with van der Waals surface area (Å²) in [6.07, 6.45) is 0. The molecule has 6 heteroatoms. The number of benzene rings is 1. The smallest absolute Gasteiger partial charge is 0.246 e. The van der Waals surface area contributed by atoms with Crippen molar-refractivity contribution < 1.29 is 24.1 Å². The summed E-state index contributed by atoms with van der Waals surface area (Å²) in [7, 11) is 0. The van der Waals surface area contributed by atoms with Crippen molar-refractivity contribution in [1.29, 1.82) is 0 Å². The monoisotopic (exact) mass is 284 g/mol. The highest BCUT2D eigenvalue weighted by atomic mass is 32.1. The van der Waals surface area contributed by atoms with Gasteiger partial charge >= 0.3 is 0 Å². The highest BCUT2D eigenvalue weighted by molar-refractivity contribution is 7.80. The van der Waals surface area contributed by atoms with Crippen LogP contribution < -0.4 is 18.9 Å². The summed E-state index contributed by atoms with van der Waals surface area (Å²) in [6.45, 7) is 6.93. The van der Waals surface area contributed by atoms with Gasteiger partial charge in [0, 0.05) is 27.7 Å². The minimum absolute atomic E-state index is 0.225. The van der Waals surface area contributed by atoms with Crippen molar-refractivity contribution >= 4 is 12.6 Å². The molecule has 1 N–H and O–H groups in total. The zero-order chi connectivity index (χ0) is 14.0. The molecule has 1 aromatic carbocycles. The van der Waals surface area contributed by atoms with E-state index in [4.69, 9.17) is 18.9 Å². The van der Waals surface area contributed by atoms with Gasteiger partial charge in [-0.05, 0) is 0 Å². The quantitative estimate of drug-likeness (QED) is 0.776. The molecule has 19 heavy (non-hydrogen) atoms. The molecule has 0 saturated heterocycles. The maximum absolute atomic E-state index is 9.60. The molecule has 2 aliphatic heterocycles. The third-order valence-corrected chi connectivity index (χ3v) is 3.35. The highest BCUT2D eigenvalue weighted by Gasteiger charge is 2.44. The second kappa shape index (κ2) is 3.64. The van der Waals surface area contributed by atoms with E-state index in [0.29, 0.717) is 33.5 Å². The Labute approximate surface area is 116 Å². The second-order valence-corrected chi connectivity index (χ2v) is 5.96. The minimum Gasteiger partial charge on any atom is -0.448 e. The number of hydrogen-bond donors (Lipinski definition) is 2. The van der Waals surface area contributed by atoms with Crippen molar-refractivity contribution in [3.63, 3.8) is 0 Å². The van der Waals surface area contributed by atoms with E-state index < -0.39 is 11.6 Å². The maximum Gasteiger partial charge on any atom is 0.246 e. The van der Waals surface area contributed by atoms with Crippen LogP contribution in [0.25, 0.3) is 0 Å². The third kappa shape index (κ3) is 1.81. The standard InChI is InChI=1S/C13H16O5S/c1-12(2)15-7-6(5-14)8-10(11(19)9(7)17-12)18-13(3,4)16-8/h14,19H,5H2,1-4H3. The Hall–Kier alpha value is -1.27. The lowest BCUT2D eigenvalue weighted by atomic mass is 10.1. The van der Waals surface area contributed by atoms with E-state index in [9.17, 15) is 5.11 Å². The SMILES string of the molecule is CC1(C)Oc2c(S)c3c(c(CO)c2O1)OC(C)(C)O3. The molecule has 3 rings (SSSR count). The Morgan fingerprint density at radius 3 is 1.58 bits per heavy atom. The Bertz CT molecular complexity index is 520. The van der Waals surface area contributed by atoms with Gasteiger partial charge in [-0.1, -0.05) is 0 Å². The first-order chi connectivity index (χ1) is 8.74. The van der Waals surface area contributed by atoms with Gasteiger partial charge in [0.25, 0.3) is 0 Å². The van der Waals surface area contributed by atoms with Gasteiger partial charge in [-0.3, -0.25) is 0 Å². The Morgan fingerprint density at radius 1 is 0.842 bits per heavy atom. The Kier molecular flexibility index (Phi) is 2.44. The minimum atomic E-state index is -0.797. The van der Waals surface area contributed by atoms with Gasteiger partial charge in [-0.25, -0.2) is 0 Å². The van der Waals surface area contributed by atoms with E-state index in [1.54, 1.807) is 27.7 Å². The molecule has 2 heterocycles. The second-order valence-electron chi connectivity index (χ2n) is 5.51. The molecule has 2 aliphatic rings. The van der Waals surface area contributed by atoms with E-state index in [1.165, 1.54) is 0 Å². The van der Waals surface area contributed by atoms with Crippen LogP contribution in [0.2, 0.25) is 0 Å². The van der Waals surface area contributed by atoms with Crippen LogP contribution in [-0.2, 0) is 6.61 Å². The van der Waals surface area contributed by atoms with Crippen LogP contribution in [0.4, 0.5) is 0 Å². The van der Waals surface area contributed by atoms with E-state index >= 15 is 0 Å². The molecule has 0 aliphatic carbocycles. The van der Waals surface area contributed by atoms with Crippen molar-refractivity contribution in [1.82, 2.24) is 0 Å². The molecule has 0 bridgehead atoms. The van der Waals surface area contributed by atoms with Crippen molar-refractivity contribution in [3.8, 4) is 23.0 Å². The van der Waals surface area contributed by atoms with Crippen molar-refractivity contribution in [2.45, 2.75) is 50.8 Å². The van der Waals surface area contributed by atoms with Gasteiger partial charge in [-0.2, -0.15) is 0 Å². The van der Waals surface area contributed by atoms with Gasteiger partial charge in [-0.15, -0.1) is 12.6 Å². The summed E-state index contributed by atoms with van der Waals surface area (Å²) in [5.74, 6) is 0.313. The molecule has 0 fully saturated rings. The van der Waals surface area contributed by atoms with Crippen LogP contribution in [0.3, 0.4) is 0 Å². The number of rotatable bonds is 1. The topological polar surface area (TPSA) is 57.2 Å². The predicted octanol–water partition coefficient (Wildman–Crippen LogP) is 2.48. The molecule has 0 amide bonds. The lowest BCUT2D eigenvalue weighted by molar-refractivity contribution is -0.0512. The van der Waals surface area contributed by atoms with Crippen LogP contribution >= 0.6 is 12.6 Å². The fraction of sp³-hybridized carbons (Fsp3) is 0.538. The molecule has 0 unspecified atom stereocenters. The number of thiol groups is 1. The molecular formula is C13H16O5S. The first-order valence-electron chi connectivity index (χ1n) is 6.03. The number of ether oxygens (including phenoxy) is 4. The molecule has 0 aromatic heterocycles. The molecule has 0 atom stereocenters. The van der Waals surface area contributed by atoms with E-state index in [0.717, 1.165) is 0 Å². The van der Waals surface area contributed by atoms with Crippen molar-refractivity contribution in [2.75, 3.05) is 0 Å². The number of aliphatic hydroxyl groups is 1. The first-order valence-corrected chi connectivity index (χ1v) is 6.47. The van der Waals surface area contributed by atoms with E-state index in [1.807, 2.05) is 0 Å². The summed E-state index contributed by atoms with van der Waals surface area (Å²) in [5.41, 5.74) is 0.527. The first kappa shape index (κ1) is 12.7. The van der Waals surface area contributed by atoms with Crippen molar-refractivity contribution in [2.24, 2.45) is 0 Å². The average molecular weight is 284 g/mol. The Balaban J connectivity index is 2.22. The Morgan fingerprint density at radius 2 is 1.21 bits per heavy atom. The summed E-state index contributed by atoms with van der Waals surface area (Å²) in [5, 5.41) is 9.60. The summed E-state index contributed by atoms with van der Waals surface area (Å²) >= 11 is 4.44. The maximum atomic E-state index is 9.60. The van der Waals surface area contributed by atoms with Crippen molar-refractivity contribution in [3.05, 3.63) is 5.56 Å². The van der Waals surface area contributed by atoms with Crippen LogP contribution in [0, 0.1) is 0 Å². The summed E-state index contributed by atoms with van der Waals surface area (Å²) in [4.78, 5) is 0.526. The molecule has 0 radical (unpaired) electrons. The fourth-order valence-corrected chi connectivity index (χ4v) is 2.56. The molecule has 0 spiro atoms. The zero-order valence-electron chi connectivity index (χ0n) is 11.2. The third-order valence-electron chi connectivity index (χ3n) is 2.94. The van der Waals surface area contributed by atoms with Crippen LogP contribution in [0.1, 0.15) is 33.3 Å². The van der Waals surface area contributed by atoms with E-state index in [-0.39, 0.29) is 6.61 Å². The zero-order valence-corrected chi connectivity index (χ0v) is 12.1. The molecule has 0 saturated carbocycles.